The van der Waals surface area contributed by atoms with Crippen molar-refractivity contribution in [2.45, 2.75) is 0 Å². The maximum absolute atomic E-state index is 9.55. The Balaban J connectivity index is 1.71. The van der Waals surface area contributed by atoms with Crippen LogP contribution in [0.25, 0.3) is 33.1 Å². The van der Waals surface area contributed by atoms with Crippen LogP contribution in [0.1, 0.15) is 11.4 Å². The molecule has 0 amide bonds. The number of para-hydroxylation sites is 1. The summed E-state index contributed by atoms with van der Waals surface area (Å²) >= 11 is 1.57. The number of pyridine rings is 1. The summed E-state index contributed by atoms with van der Waals surface area (Å²) in [7, 11) is 0. The summed E-state index contributed by atoms with van der Waals surface area (Å²) in [5, 5.41) is 13.5. The highest BCUT2D eigenvalue weighted by Gasteiger charge is 2.07. The van der Waals surface area contributed by atoms with Crippen LogP contribution in [0.2, 0.25) is 0 Å². The number of aromatic nitrogens is 2. The largest absolute Gasteiger partial charge is 0.247 e. The first-order valence-corrected chi connectivity index (χ1v) is 8.70. The van der Waals surface area contributed by atoms with Gasteiger partial charge in [0.1, 0.15) is 11.1 Å². The third-order valence-electron chi connectivity index (χ3n) is 3.83. The molecule has 4 aromatic rings. The SMILES string of the molecule is N#C/C(=C/c1csc(-c2ccccc2)n1)c1ccc2ccccc2n1. The van der Waals surface area contributed by atoms with E-state index in [9.17, 15) is 5.26 Å². The molecule has 0 aliphatic rings. The van der Waals surface area contributed by atoms with Gasteiger partial charge in [-0.2, -0.15) is 5.26 Å². The van der Waals surface area contributed by atoms with E-state index in [0.717, 1.165) is 27.2 Å². The molecule has 0 aliphatic carbocycles. The zero-order valence-corrected chi connectivity index (χ0v) is 14.1. The Morgan fingerprint density at radius 3 is 2.56 bits per heavy atom. The number of fused-ring (bicyclic) bond motifs is 1. The first kappa shape index (κ1) is 15.3. The highest BCUT2D eigenvalue weighted by atomic mass is 32.1. The van der Waals surface area contributed by atoms with Crippen LogP contribution in [0.15, 0.2) is 72.1 Å². The Bertz CT molecular complexity index is 1100. The van der Waals surface area contributed by atoms with Crippen LogP contribution in [-0.4, -0.2) is 9.97 Å². The monoisotopic (exact) mass is 339 g/mol. The Labute approximate surface area is 149 Å². The summed E-state index contributed by atoms with van der Waals surface area (Å²) in [6.45, 7) is 0. The second kappa shape index (κ2) is 6.68. The van der Waals surface area contributed by atoms with E-state index in [-0.39, 0.29) is 0 Å². The van der Waals surface area contributed by atoms with Crippen molar-refractivity contribution < 1.29 is 0 Å². The zero-order valence-electron chi connectivity index (χ0n) is 13.3. The van der Waals surface area contributed by atoms with Gasteiger partial charge in [-0.05, 0) is 18.2 Å². The van der Waals surface area contributed by atoms with E-state index >= 15 is 0 Å². The average Bonchev–Trinajstić information content (AvgIpc) is 3.15. The lowest BCUT2D eigenvalue weighted by molar-refractivity contribution is 1.34. The molecule has 0 spiro atoms. The second-order valence-electron chi connectivity index (χ2n) is 5.50. The molecule has 0 aliphatic heterocycles. The molecule has 118 valence electrons. The van der Waals surface area contributed by atoms with E-state index in [0.29, 0.717) is 11.3 Å². The van der Waals surface area contributed by atoms with Crippen molar-refractivity contribution in [3.8, 4) is 16.6 Å². The fourth-order valence-corrected chi connectivity index (χ4v) is 3.38. The quantitative estimate of drug-likeness (QED) is 0.468. The third-order valence-corrected chi connectivity index (χ3v) is 4.74. The van der Waals surface area contributed by atoms with Crippen LogP contribution in [0.3, 0.4) is 0 Å². The van der Waals surface area contributed by atoms with E-state index in [1.807, 2.05) is 72.1 Å². The number of allylic oxidation sites excluding steroid dienone is 1. The number of thiazole rings is 1. The minimum absolute atomic E-state index is 0.510. The summed E-state index contributed by atoms with van der Waals surface area (Å²) in [4.78, 5) is 9.21. The fraction of sp³-hybridized carbons (Fsp3) is 0. The standard InChI is InChI=1S/C21H13N3S/c22-13-17(20-11-10-15-6-4-5-9-19(15)24-20)12-18-14-25-21(23-18)16-7-2-1-3-8-16/h1-12,14H/b17-12-. The van der Waals surface area contributed by atoms with Crippen LogP contribution in [0.5, 0.6) is 0 Å². The summed E-state index contributed by atoms with van der Waals surface area (Å²) in [6, 6.07) is 24.0. The lowest BCUT2D eigenvalue weighted by Crippen LogP contribution is -1.89. The van der Waals surface area contributed by atoms with Crippen molar-refractivity contribution in [1.29, 1.82) is 5.26 Å². The van der Waals surface area contributed by atoms with E-state index in [2.05, 4.69) is 16.0 Å². The van der Waals surface area contributed by atoms with Crippen molar-refractivity contribution in [2.24, 2.45) is 0 Å². The number of rotatable bonds is 3. The van der Waals surface area contributed by atoms with Crippen LogP contribution in [0.4, 0.5) is 0 Å². The van der Waals surface area contributed by atoms with Gasteiger partial charge >= 0.3 is 0 Å². The van der Waals surface area contributed by atoms with Crippen molar-refractivity contribution in [3.63, 3.8) is 0 Å². The first-order chi connectivity index (χ1) is 12.3. The Morgan fingerprint density at radius 2 is 1.72 bits per heavy atom. The first-order valence-electron chi connectivity index (χ1n) is 7.82. The molecule has 0 unspecified atom stereocenters. The van der Waals surface area contributed by atoms with Gasteiger partial charge in [-0.3, -0.25) is 0 Å². The minimum Gasteiger partial charge on any atom is -0.247 e. The van der Waals surface area contributed by atoms with Crippen molar-refractivity contribution in [2.75, 3.05) is 0 Å². The molecule has 2 heterocycles. The van der Waals surface area contributed by atoms with Crippen LogP contribution >= 0.6 is 11.3 Å². The van der Waals surface area contributed by atoms with Crippen molar-refractivity contribution in [3.05, 3.63) is 83.5 Å². The number of hydrogen-bond donors (Lipinski definition) is 0. The fourth-order valence-electron chi connectivity index (χ4n) is 2.59. The predicted octanol–water partition coefficient (Wildman–Crippen LogP) is 5.42. The van der Waals surface area contributed by atoms with Gasteiger partial charge in [-0.15, -0.1) is 11.3 Å². The minimum atomic E-state index is 0.510. The molecular formula is C21H13N3S. The van der Waals surface area contributed by atoms with E-state index < -0.39 is 0 Å². The number of benzene rings is 2. The molecule has 0 saturated heterocycles. The van der Waals surface area contributed by atoms with Gasteiger partial charge in [0.25, 0.3) is 0 Å². The summed E-state index contributed by atoms with van der Waals surface area (Å²) in [5.74, 6) is 0. The molecule has 3 nitrogen and oxygen atoms in total. The van der Waals surface area contributed by atoms with Crippen LogP contribution in [0, 0.1) is 11.3 Å². The van der Waals surface area contributed by atoms with Crippen LogP contribution < -0.4 is 0 Å². The number of hydrogen-bond acceptors (Lipinski definition) is 4. The van der Waals surface area contributed by atoms with Gasteiger partial charge in [0.15, 0.2) is 0 Å². The maximum Gasteiger partial charge on any atom is 0.124 e. The van der Waals surface area contributed by atoms with Gasteiger partial charge in [0.2, 0.25) is 0 Å². The Morgan fingerprint density at radius 1 is 0.920 bits per heavy atom. The lowest BCUT2D eigenvalue weighted by atomic mass is 10.1. The molecule has 4 rings (SSSR count). The summed E-state index contributed by atoms with van der Waals surface area (Å²) in [5.41, 5.74) is 3.90. The molecule has 4 heteroatoms. The molecule has 2 aromatic carbocycles. The highest BCUT2D eigenvalue weighted by Crippen LogP contribution is 2.26. The smallest absolute Gasteiger partial charge is 0.124 e. The van der Waals surface area contributed by atoms with E-state index in [1.165, 1.54) is 0 Å². The van der Waals surface area contributed by atoms with E-state index in [1.54, 1.807) is 17.4 Å². The van der Waals surface area contributed by atoms with Gasteiger partial charge in [0.05, 0.1) is 22.5 Å². The lowest BCUT2D eigenvalue weighted by Gasteiger charge is -2.01. The normalized spacial score (nSPS) is 11.4. The second-order valence-corrected chi connectivity index (χ2v) is 6.36. The molecule has 0 saturated carbocycles. The molecule has 0 fully saturated rings. The Kier molecular flexibility index (Phi) is 4.07. The zero-order chi connectivity index (χ0) is 17.1. The molecule has 0 N–H and O–H groups in total. The average molecular weight is 339 g/mol. The molecule has 2 aromatic heterocycles. The molecular weight excluding hydrogens is 326 g/mol. The van der Waals surface area contributed by atoms with Gasteiger partial charge in [-0.1, -0.05) is 54.6 Å². The van der Waals surface area contributed by atoms with E-state index in [4.69, 9.17) is 0 Å². The third kappa shape index (κ3) is 3.18. The Hall–Kier alpha value is -3.29. The van der Waals surface area contributed by atoms with Crippen molar-refractivity contribution in [1.82, 2.24) is 9.97 Å². The number of nitriles is 1. The molecule has 0 radical (unpaired) electrons. The summed E-state index contributed by atoms with van der Waals surface area (Å²) < 4.78 is 0. The molecule has 0 atom stereocenters. The number of nitrogens with zero attached hydrogens (tertiary/aromatic N) is 3. The van der Waals surface area contributed by atoms with Gasteiger partial charge < -0.3 is 0 Å². The maximum atomic E-state index is 9.55. The molecule has 0 bridgehead atoms. The van der Waals surface area contributed by atoms with Crippen molar-refractivity contribution >= 4 is 33.9 Å². The highest BCUT2D eigenvalue weighted by molar-refractivity contribution is 7.13. The predicted molar refractivity (Wildman–Crippen MR) is 103 cm³/mol. The topological polar surface area (TPSA) is 49.6 Å². The summed E-state index contributed by atoms with van der Waals surface area (Å²) in [6.07, 6.45) is 1.79. The van der Waals surface area contributed by atoms with Gasteiger partial charge in [0, 0.05) is 16.3 Å². The molecule has 25 heavy (non-hydrogen) atoms. The van der Waals surface area contributed by atoms with Gasteiger partial charge in [-0.25, -0.2) is 9.97 Å². The van der Waals surface area contributed by atoms with Crippen LogP contribution in [-0.2, 0) is 0 Å².